The number of nitrogens with one attached hydrogen (secondary N) is 1. The van der Waals surface area contributed by atoms with Crippen LogP contribution in [-0.2, 0) is 7.05 Å². The van der Waals surface area contributed by atoms with E-state index in [1.807, 2.05) is 11.6 Å². The summed E-state index contributed by atoms with van der Waals surface area (Å²) in [5.74, 6) is -0.639. The molecule has 0 unspecified atom stereocenters. The molecule has 1 aliphatic rings. The third-order valence-corrected chi connectivity index (χ3v) is 6.33. The lowest BCUT2D eigenvalue weighted by Crippen LogP contribution is -2.49. The summed E-state index contributed by atoms with van der Waals surface area (Å²) >= 11 is 0. The predicted molar refractivity (Wildman–Crippen MR) is 128 cm³/mol. The molecule has 6 rings (SSSR count). The van der Waals surface area contributed by atoms with Crippen molar-refractivity contribution in [3.05, 3.63) is 66.5 Å². The largest absolute Gasteiger partial charge is 0.331 e. The standard InChI is InChI=1S/C24H22FN9O/c1-32-14-29-19-8-11-28-23(21(19)32)33(16-4-2-9-26-13-16)24(35)17-7-6-15(12-18(17)25)34-22-20(30-31-34)5-3-10-27-22/h3,5-8,10-12,14,16,26H,2,4,9,13H2,1H3/t16-/m1/s1. The van der Waals surface area contributed by atoms with Gasteiger partial charge < -0.3 is 9.88 Å². The summed E-state index contributed by atoms with van der Waals surface area (Å²) in [5.41, 5.74) is 2.94. The number of pyridine rings is 2. The number of anilines is 1. The van der Waals surface area contributed by atoms with Crippen LogP contribution in [0.5, 0.6) is 0 Å². The van der Waals surface area contributed by atoms with Crippen LogP contribution in [0.2, 0.25) is 0 Å². The fourth-order valence-corrected chi connectivity index (χ4v) is 4.63. The SMILES string of the molecule is Cn1cnc2ccnc(N(C(=O)c3ccc(-n4nnc5cccnc54)cc3F)[C@@H]3CCCNC3)c21. The average molecular weight is 472 g/mol. The first kappa shape index (κ1) is 21.3. The number of imidazole rings is 1. The zero-order valence-corrected chi connectivity index (χ0v) is 19.0. The monoisotopic (exact) mass is 471 g/mol. The summed E-state index contributed by atoms with van der Waals surface area (Å²) in [4.78, 5) is 28.7. The van der Waals surface area contributed by atoms with Gasteiger partial charge in [-0.25, -0.2) is 19.3 Å². The van der Waals surface area contributed by atoms with E-state index in [1.165, 1.54) is 16.8 Å². The highest BCUT2D eigenvalue weighted by Crippen LogP contribution is 2.29. The van der Waals surface area contributed by atoms with Crippen LogP contribution in [0.1, 0.15) is 23.2 Å². The molecule has 35 heavy (non-hydrogen) atoms. The van der Waals surface area contributed by atoms with Crippen LogP contribution >= 0.6 is 0 Å². The van der Waals surface area contributed by atoms with E-state index in [4.69, 9.17) is 0 Å². The van der Waals surface area contributed by atoms with E-state index in [-0.39, 0.29) is 11.6 Å². The number of aryl methyl sites for hydroxylation is 1. The van der Waals surface area contributed by atoms with E-state index in [9.17, 15) is 4.79 Å². The van der Waals surface area contributed by atoms with Gasteiger partial charge in [0.05, 0.1) is 29.1 Å². The van der Waals surface area contributed by atoms with Crippen LogP contribution in [0.15, 0.2) is 55.1 Å². The molecular weight excluding hydrogens is 449 g/mol. The van der Waals surface area contributed by atoms with Crippen LogP contribution in [0.3, 0.4) is 0 Å². The smallest absolute Gasteiger partial charge is 0.262 e. The van der Waals surface area contributed by atoms with Crippen LogP contribution in [0, 0.1) is 5.82 Å². The molecule has 10 nitrogen and oxygen atoms in total. The third-order valence-electron chi connectivity index (χ3n) is 6.33. The van der Waals surface area contributed by atoms with E-state index in [0.29, 0.717) is 29.2 Å². The van der Waals surface area contributed by atoms with E-state index in [1.54, 1.807) is 47.9 Å². The number of nitrogens with zero attached hydrogens (tertiary/aromatic N) is 8. The molecule has 0 saturated carbocycles. The Morgan fingerprint density at radius 3 is 2.89 bits per heavy atom. The number of carbonyl (C=O) groups excluding carboxylic acids is 1. The molecule has 0 radical (unpaired) electrons. The number of hydrogen-bond acceptors (Lipinski definition) is 7. The molecular formula is C24H22FN9O. The molecule has 1 amide bonds. The molecule has 176 valence electrons. The second-order valence-electron chi connectivity index (χ2n) is 8.54. The maximum Gasteiger partial charge on any atom is 0.262 e. The first-order valence-corrected chi connectivity index (χ1v) is 11.4. The van der Waals surface area contributed by atoms with Crippen LogP contribution in [-0.4, -0.2) is 59.6 Å². The summed E-state index contributed by atoms with van der Waals surface area (Å²) < 4.78 is 18.8. The van der Waals surface area contributed by atoms with Crippen molar-refractivity contribution < 1.29 is 9.18 Å². The van der Waals surface area contributed by atoms with Gasteiger partial charge in [-0.15, -0.1) is 5.10 Å². The highest BCUT2D eigenvalue weighted by molar-refractivity contribution is 6.09. The number of halogens is 1. The van der Waals surface area contributed by atoms with Gasteiger partial charge in [-0.05, 0) is 49.7 Å². The lowest BCUT2D eigenvalue weighted by atomic mass is 10.0. The topological polar surface area (TPSA) is 107 Å². The lowest BCUT2D eigenvalue weighted by Gasteiger charge is -2.34. The summed E-state index contributed by atoms with van der Waals surface area (Å²) in [5, 5.41) is 11.5. The van der Waals surface area contributed by atoms with Crippen molar-refractivity contribution in [2.75, 3.05) is 18.0 Å². The summed E-state index contributed by atoms with van der Waals surface area (Å²) in [6.07, 6.45) is 6.63. The normalized spacial score (nSPS) is 16.1. The fraction of sp³-hybridized carbons (Fsp3) is 0.250. The first-order valence-electron chi connectivity index (χ1n) is 11.4. The minimum absolute atomic E-state index is 0.0438. The summed E-state index contributed by atoms with van der Waals surface area (Å²) in [7, 11) is 1.86. The second-order valence-corrected chi connectivity index (χ2v) is 8.54. The quantitative estimate of drug-likeness (QED) is 0.429. The van der Waals surface area contributed by atoms with Gasteiger partial charge in [0.1, 0.15) is 16.9 Å². The van der Waals surface area contributed by atoms with Crippen molar-refractivity contribution in [3.63, 3.8) is 0 Å². The van der Waals surface area contributed by atoms with Gasteiger partial charge in [0.25, 0.3) is 5.91 Å². The Morgan fingerprint density at radius 2 is 2.06 bits per heavy atom. The molecule has 1 N–H and O–H groups in total. The van der Waals surface area contributed by atoms with Gasteiger partial charge >= 0.3 is 0 Å². The van der Waals surface area contributed by atoms with Gasteiger partial charge in [0, 0.05) is 32.1 Å². The van der Waals surface area contributed by atoms with E-state index >= 15 is 4.39 Å². The van der Waals surface area contributed by atoms with Gasteiger partial charge in [0.15, 0.2) is 11.5 Å². The highest BCUT2D eigenvalue weighted by Gasteiger charge is 2.32. The number of rotatable bonds is 4. The molecule has 1 fully saturated rings. The molecule has 4 aromatic heterocycles. The van der Waals surface area contributed by atoms with Crippen molar-refractivity contribution in [2.45, 2.75) is 18.9 Å². The molecule has 1 saturated heterocycles. The number of hydrogen-bond donors (Lipinski definition) is 1. The minimum Gasteiger partial charge on any atom is -0.331 e. The van der Waals surface area contributed by atoms with E-state index in [2.05, 4.69) is 30.6 Å². The molecule has 5 aromatic rings. The number of fused-ring (bicyclic) bond motifs is 2. The number of piperidine rings is 1. The Bertz CT molecular complexity index is 1550. The van der Waals surface area contributed by atoms with Crippen LogP contribution in [0.25, 0.3) is 27.9 Å². The Morgan fingerprint density at radius 1 is 1.14 bits per heavy atom. The molecule has 0 aliphatic carbocycles. The van der Waals surface area contributed by atoms with Gasteiger partial charge in [-0.2, -0.15) is 4.68 Å². The fourth-order valence-electron chi connectivity index (χ4n) is 4.63. The zero-order valence-electron chi connectivity index (χ0n) is 19.0. The van der Waals surface area contributed by atoms with Crippen LogP contribution in [0.4, 0.5) is 10.2 Å². The highest BCUT2D eigenvalue weighted by atomic mass is 19.1. The summed E-state index contributed by atoms with van der Waals surface area (Å²) in [6.45, 7) is 1.48. The molecule has 1 aliphatic heterocycles. The third kappa shape index (κ3) is 3.60. The first-order chi connectivity index (χ1) is 17.1. The number of aromatic nitrogens is 7. The second kappa shape index (κ2) is 8.51. The molecule has 0 bridgehead atoms. The molecule has 0 spiro atoms. The van der Waals surface area contributed by atoms with Gasteiger partial charge in [-0.1, -0.05) is 5.21 Å². The van der Waals surface area contributed by atoms with Gasteiger partial charge in [0.2, 0.25) is 0 Å². The number of benzene rings is 1. The minimum atomic E-state index is -0.655. The summed E-state index contributed by atoms with van der Waals surface area (Å²) in [6, 6.07) is 9.58. The Kier molecular flexibility index (Phi) is 5.18. The molecule has 5 heterocycles. The lowest BCUT2D eigenvalue weighted by molar-refractivity contribution is 0.0968. The number of amides is 1. The van der Waals surface area contributed by atoms with Crippen molar-refractivity contribution in [3.8, 4) is 5.69 Å². The van der Waals surface area contributed by atoms with Crippen LogP contribution < -0.4 is 10.2 Å². The van der Waals surface area contributed by atoms with Crippen molar-refractivity contribution >= 4 is 33.9 Å². The Balaban J connectivity index is 1.43. The molecule has 11 heteroatoms. The Labute approximate surface area is 199 Å². The maximum absolute atomic E-state index is 15.5. The molecule has 1 atom stereocenters. The zero-order chi connectivity index (χ0) is 23.9. The average Bonchev–Trinajstić information content (AvgIpc) is 3.49. The van der Waals surface area contributed by atoms with Crippen molar-refractivity contribution in [1.29, 1.82) is 0 Å². The van der Waals surface area contributed by atoms with E-state index < -0.39 is 11.7 Å². The molecule has 1 aromatic carbocycles. The maximum atomic E-state index is 15.5. The predicted octanol–water partition coefficient (Wildman–Crippen LogP) is 2.64. The van der Waals surface area contributed by atoms with Gasteiger partial charge in [-0.3, -0.25) is 9.69 Å². The Hall–Kier alpha value is -4.25. The van der Waals surface area contributed by atoms with E-state index in [0.717, 1.165) is 30.4 Å². The van der Waals surface area contributed by atoms with Crippen molar-refractivity contribution in [2.24, 2.45) is 7.05 Å². The van der Waals surface area contributed by atoms with Crippen molar-refractivity contribution in [1.82, 2.24) is 39.8 Å². The number of carbonyl (C=O) groups is 1.